The van der Waals surface area contributed by atoms with E-state index in [1.165, 1.54) is 0 Å². The monoisotopic (exact) mass is 258 g/mol. The van der Waals surface area contributed by atoms with E-state index in [1.54, 1.807) is 6.07 Å². The third-order valence-corrected chi connectivity index (χ3v) is 2.53. The molecule has 0 aliphatic rings. The van der Waals surface area contributed by atoms with Crippen LogP contribution >= 0.6 is 0 Å². The molecule has 0 bridgehead atoms. The number of carbonyl (C=O) groups excluding carboxylic acids is 1. The Balaban J connectivity index is 2.00. The quantitative estimate of drug-likeness (QED) is 0.508. The average molecular weight is 258 g/mol. The Morgan fingerprint density at radius 2 is 2.00 bits per heavy atom. The summed E-state index contributed by atoms with van der Waals surface area (Å²) in [6.45, 7) is 3.02. The fraction of sp³-hybridized carbons (Fsp3) is 0.133. The number of aliphatic hydroxyl groups excluding tert-OH is 1. The van der Waals surface area contributed by atoms with E-state index in [0.29, 0.717) is 5.75 Å². The maximum absolute atomic E-state index is 10.8. The van der Waals surface area contributed by atoms with Crippen molar-refractivity contribution in [2.24, 2.45) is 0 Å². The van der Waals surface area contributed by atoms with E-state index in [1.807, 2.05) is 36.4 Å². The van der Waals surface area contributed by atoms with Crippen LogP contribution in [0.2, 0.25) is 0 Å². The molecule has 0 heterocycles. The topological polar surface area (TPSA) is 55.8 Å². The summed E-state index contributed by atoms with van der Waals surface area (Å²) < 4.78 is 9.94. The fourth-order valence-electron chi connectivity index (χ4n) is 1.64. The second-order valence-corrected chi connectivity index (χ2v) is 3.92. The molecular weight excluding hydrogens is 244 g/mol. The molecule has 0 aliphatic heterocycles. The zero-order chi connectivity index (χ0) is 13.7. The minimum Gasteiger partial charge on any atom is -0.461 e. The highest BCUT2D eigenvalue weighted by Crippen LogP contribution is 2.21. The van der Waals surface area contributed by atoms with E-state index in [4.69, 9.17) is 4.74 Å². The minimum atomic E-state index is -1.20. The summed E-state index contributed by atoms with van der Waals surface area (Å²) in [5, 5.41) is 11.7. The van der Waals surface area contributed by atoms with Crippen molar-refractivity contribution in [3.63, 3.8) is 0 Å². The molecule has 2 rings (SSSR count). The van der Waals surface area contributed by atoms with Crippen molar-refractivity contribution in [1.82, 2.24) is 0 Å². The van der Waals surface area contributed by atoms with Crippen LogP contribution in [0.15, 0.2) is 55.1 Å². The Morgan fingerprint density at radius 3 is 2.74 bits per heavy atom. The largest absolute Gasteiger partial charge is 0.461 e. The van der Waals surface area contributed by atoms with Crippen LogP contribution in [0.4, 0.5) is 0 Å². The molecule has 0 fully saturated rings. The van der Waals surface area contributed by atoms with E-state index in [2.05, 4.69) is 11.3 Å². The molecular formula is C15H14O4. The van der Waals surface area contributed by atoms with Gasteiger partial charge in [-0.15, -0.1) is 0 Å². The molecule has 0 saturated carbocycles. The molecule has 19 heavy (non-hydrogen) atoms. The third-order valence-electron chi connectivity index (χ3n) is 2.53. The number of carbonyl (C=O) groups is 1. The lowest BCUT2D eigenvalue weighted by Gasteiger charge is -2.13. The van der Waals surface area contributed by atoms with Crippen molar-refractivity contribution in [2.75, 3.05) is 6.61 Å². The first kappa shape index (κ1) is 13.1. The van der Waals surface area contributed by atoms with Gasteiger partial charge in [-0.05, 0) is 22.9 Å². The molecule has 2 aromatic carbocycles. The van der Waals surface area contributed by atoms with Gasteiger partial charge in [0.05, 0.1) is 0 Å². The Hall–Kier alpha value is -2.33. The highest BCUT2D eigenvalue weighted by molar-refractivity contribution is 5.83. The molecule has 1 N–H and O–H groups in total. The fourth-order valence-corrected chi connectivity index (χ4v) is 1.64. The highest BCUT2D eigenvalue weighted by Gasteiger charge is 2.08. The second kappa shape index (κ2) is 6.02. The van der Waals surface area contributed by atoms with Crippen LogP contribution in [-0.2, 0) is 9.53 Å². The van der Waals surface area contributed by atoms with Gasteiger partial charge in [0.25, 0.3) is 0 Å². The van der Waals surface area contributed by atoms with Gasteiger partial charge in [-0.2, -0.15) is 0 Å². The molecule has 1 atom stereocenters. The first-order valence-electron chi connectivity index (χ1n) is 5.82. The smallest absolute Gasteiger partial charge is 0.330 e. The Morgan fingerprint density at radius 1 is 1.26 bits per heavy atom. The third kappa shape index (κ3) is 3.56. The Bertz CT molecular complexity index is 591. The average Bonchev–Trinajstić information content (AvgIpc) is 2.44. The molecule has 0 spiro atoms. The lowest BCUT2D eigenvalue weighted by molar-refractivity contribution is -0.147. The van der Waals surface area contributed by atoms with Crippen LogP contribution in [0.5, 0.6) is 5.75 Å². The van der Waals surface area contributed by atoms with Gasteiger partial charge in [-0.25, -0.2) is 4.79 Å². The van der Waals surface area contributed by atoms with Gasteiger partial charge in [0, 0.05) is 6.08 Å². The lowest BCUT2D eigenvalue weighted by atomic mass is 10.1. The Labute approximate surface area is 110 Å². The number of hydrogen-bond donors (Lipinski definition) is 1. The van der Waals surface area contributed by atoms with Crippen LogP contribution < -0.4 is 4.74 Å². The van der Waals surface area contributed by atoms with Crippen LogP contribution in [0.3, 0.4) is 0 Å². The number of hydrogen-bond acceptors (Lipinski definition) is 4. The molecule has 98 valence electrons. The Kier molecular flexibility index (Phi) is 4.15. The summed E-state index contributed by atoms with van der Waals surface area (Å²) in [4.78, 5) is 10.8. The van der Waals surface area contributed by atoms with E-state index in [-0.39, 0.29) is 6.61 Å². The summed E-state index contributed by atoms with van der Waals surface area (Å²) in [6, 6.07) is 13.3. The van der Waals surface area contributed by atoms with Crippen molar-refractivity contribution >= 4 is 16.7 Å². The summed E-state index contributed by atoms with van der Waals surface area (Å²) >= 11 is 0. The maximum Gasteiger partial charge on any atom is 0.330 e. The van der Waals surface area contributed by atoms with Gasteiger partial charge in [0.1, 0.15) is 5.75 Å². The summed E-state index contributed by atoms with van der Waals surface area (Å²) in [5.41, 5.74) is 0. The highest BCUT2D eigenvalue weighted by atomic mass is 16.6. The molecule has 1 unspecified atom stereocenters. The van der Waals surface area contributed by atoms with Gasteiger partial charge in [0.2, 0.25) is 6.29 Å². The van der Waals surface area contributed by atoms with Crippen molar-refractivity contribution in [3.05, 3.63) is 55.1 Å². The van der Waals surface area contributed by atoms with Gasteiger partial charge in [-0.3, -0.25) is 0 Å². The number of fused-ring (bicyclic) bond motifs is 1. The van der Waals surface area contributed by atoms with Crippen LogP contribution in [0, 0.1) is 0 Å². The normalized spacial score (nSPS) is 11.8. The lowest BCUT2D eigenvalue weighted by Crippen LogP contribution is -2.23. The summed E-state index contributed by atoms with van der Waals surface area (Å²) in [6.07, 6.45) is -0.173. The van der Waals surface area contributed by atoms with Gasteiger partial charge in [-0.1, -0.05) is 36.9 Å². The molecule has 0 aliphatic carbocycles. The molecule has 0 amide bonds. The predicted molar refractivity (Wildman–Crippen MR) is 71.7 cm³/mol. The zero-order valence-electron chi connectivity index (χ0n) is 10.3. The van der Waals surface area contributed by atoms with Crippen molar-refractivity contribution in [3.8, 4) is 5.75 Å². The molecule has 0 radical (unpaired) electrons. The first-order chi connectivity index (χ1) is 9.19. The second-order valence-electron chi connectivity index (χ2n) is 3.92. The summed E-state index contributed by atoms with van der Waals surface area (Å²) in [5.74, 6) is -0.0815. The molecule has 4 heteroatoms. The molecule has 2 aromatic rings. The van der Waals surface area contributed by atoms with Gasteiger partial charge < -0.3 is 14.6 Å². The summed E-state index contributed by atoms with van der Waals surface area (Å²) in [7, 11) is 0. The SMILES string of the molecule is C=CC(=O)OCC(O)Oc1ccc2ccccc2c1. The molecule has 4 nitrogen and oxygen atoms in total. The van der Waals surface area contributed by atoms with Crippen molar-refractivity contribution in [2.45, 2.75) is 6.29 Å². The predicted octanol–water partition coefficient (Wildman–Crippen LogP) is 2.27. The number of aliphatic hydroxyl groups is 1. The first-order valence-corrected chi connectivity index (χ1v) is 5.82. The van der Waals surface area contributed by atoms with E-state index in [0.717, 1.165) is 16.8 Å². The minimum absolute atomic E-state index is 0.238. The number of benzene rings is 2. The van der Waals surface area contributed by atoms with Crippen LogP contribution in [-0.4, -0.2) is 24.0 Å². The van der Waals surface area contributed by atoms with Gasteiger partial charge in [0.15, 0.2) is 6.61 Å². The number of ether oxygens (including phenoxy) is 2. The number of esters is 1. The van der Waals surface area contributed by atoms with Crippen LogP contribution in [0.1, 0.15) is 0 Å². The van der Waals surface area contributed by atoms with E-state index < -0.39 is 12.3 Å². The van der Waals surface area contributed by atoms with E-state index >= 15 is 0 Å². The number of rotatable bonds is 5. The van der Waals surface area contributed by atoms with Crippen LogP contribution in [0.25, 0.3) is 10.8 Å². The zero-order valence-corrected chi connectivity index (χ0v) is 10.3. The molecule has 0 aromatic heterocycles. The maximum atomic E-state index is 10.8. The van der Waals surface area contributed by atoms with Crippen molar-refractivity contribution < 1.29 is 19.4 Å². The van der Waals surface area contributed by atoms with Crippen molar-refractivity contribution in [1.29, 1.82) is 0 Å². The standard InChI is InChI=1S/C15H14O4/c1-2-14(16)18-10-15(17)19-13-8-7-11-5-3-4-6-12(11)9-13/h2-9,15,17H,1,10H2. The van der Waals surface area contributed by atoms with E-state index in [9.17, 15) is 9.90 Å². The molecule has 0 saturated heterocycles. The van der Waals surface area contributed by atoms with Gasteiger partial charge >= 0.3 is 5.97 Å².